The monoisotopic (exact) mass is 280 g/mol. The highest BCUT2D eigenvalue weighted by atomic mass is 19.1. The van der Waals surface area contributed by atoms with Crippen LogP contribution >= 0.6 is 0 Å². The van der Waals surface area contributed by atoms with Crippen molar-refractivity contribution in [2.45, 2.75) is 18.7 Å². The first-order chi connectivity index (χ1) is 9.67. The van der Waals surface area contributed by atoms with Crippen molar-refractivity contribution in [1.82, 2.24) is 10.2 Å². The molecule has 0 radical (unpaired) electrons. The molecule has 2 aliphatic rings. The number of hydrogen-bond donors (Lipinski definition) is 1. The lowest BCUT2D eigenvalue weighted by Gasteiger charge is -2.25. The summed E-state index contributed by atoms with van der Waals surface area (Å²) in [5.74, 6) is -0.154. The molecule has 1 amide bonds. The molecule has 2 fully saturated rings. The van der Waals surface area contributed by atoms with Crippen LogP contribution in [-0.4, -0.2) is 49.8 Å². The molecule has 5 nitrogen and oxygen atoms in total. The zero-order chi connectivity index (χ0) is 14.1. The van der Waals surface area contributed by atoms with Crippen LogP contribution in [-0.2, 0) is 16.1 Å². The molecule has 6 heteroatoms. The second-order valence-corrected chi connectivity index (χ2v) is 5.15. The molecule has 2 atom stereocenters. The number of likely N-dealkylation sites (tertiary alicyclic amines) is 1. The highest BCUT2D eigenvalue weighted by Crippen LogP contribution is 2.24. The summed E-state index contributed by atoms with van der Waals surface area (Å²) in [6.07, 6.45) is 0.00127. The summed E-state index contributed by atoms with van der Waals surface area (Å²) < 4.78 is 24.6. The fourth-order valence-electron chi connectivity index (χ4n) is 2.80. The minimum absolute atomic E-state index is 0.00127. The van der Waals surface area contributed by atoms with E-state index in [2.05, 4.69) is 10.2 Å². The Hall–Kier alpha value is -1.66. The molecule has 0 bridgehead atoms. The topological polar surface area (TPSA) is 50.8 Å². The molecule has 1 aromatic rings. The number of methoxy groups -OCH3 is 1. The normalized spacial score (nSPS) is 26.2. The first-order valence-corrected chi connectivity index (χ1v) is 6.62. The Labute approximate surface area is 116 Å². The zero-order valence-corrected chi connectivity index (χ0v) is 11.3. The number of hydrogen-bond acceptors (Lipinski definition) is 4. The average Bonchev–Trinajstić information content (AvgIpc) is 2.82. The Morgan fingerprint density at radius 3 is 3.15 bits per heavy atom. The fraction of sp³-hybridized carbons (Fsp3) is 0.500. The summed E-state index contributed by atoms with van der Waals surface area (Å²) in [4.78, 5) is 13.4. The third-order valence-electron chi connectivity index (χ3n) is 3.77. The van der Waals surface area contributed by atoms with Gasteiger partial charge in [0.15, 0.2) is 11.6 Å². The predicted molar refractivity (Wildman–Crippen MR) is 69.9 cm³/mol. The van der Waals surface area contributed by atoms with Crippen molar-refractivity contribution in [2.24, 2.45) is 0 Å². The zero-order valence-electron chi connectivity index (χ0n) is 11.3. The number of morpholine rings is 1. The van der Waals surface area contributed by atoms with Crippen LogP contribution in [0, 0.1) is 5.82 Å². The number of nitrogens with one attached hydrogen (secondary N) is 1. The van der Waals surface area contributed by atoms with Gasteiger partial charge in [-0.05, 0) is 6.07 Å². The number of benzene rings is 1. The number of rotatable bonds is 3. The highest BCUT2D eigenvalue weighted by Gasteiger charge is 2.37. The van der Waals surface area contributed by atoms with Gasteiger partial charge in [-0.15, -0.1) is 0 Å². The Morgan fingerprint density at radius 1 is 1.50 bits per heavy atom. The van der Waals surface area contributed by atoms with Gasteiger partial charge in [0.05, 0.1) is 19.3 Å². The number of fused-ring (bicyclic) bond motifs is 1. The second-order valence-electron chi connectivity index (χ2n) is 5.15. The summed E-state index contributed by atoms with van der Waals surface area (Å²) >= 11 is 0. The predicted octanol–water partition coefficient (Wildman–Crippen LogP) is 0.533. The average molecular weight is 280 g/mol. The van der Waals surface area contributed by atoms with Gasteiger partial charge in [-0.2, -0.15) is 0 Å². The molecule has 1 N–H and O–H groups in total. The number of carbonyl (C=O) groups excluding carboxylic acids is 1. The molecule has 2 saturated heterocycles. The highest BCUT2D eigenvalue weighted by molar-refractivity contribution is 5.78. The molecular formula is C14H17FN2O3. The van der Waals surface area contributed by atoms with E-state index in [1.165, 1.54) is 7.11 Å². The fourth-order valence-corrected chi connectivity index (χ4v) is 2.80. The number of nitrogens with zero attached hydrogens (tertiary/aromatic N) is 1. The van der Waals surface area contributed by atoms with E-state index in [-0.39, 0.29) is 36.2 Å². The molecule has 0 spiro atoms. The number of halogens is 1. The number of carbonyl (C=O) groups is 1. The molecule has 1 aromatic carbocycles. The summed E-state index contributed by atoms with van der Waals surface area (Å²) in [6, 6.07) is 5.13. The Morgan fingerprint density at radius 2 is 2.35 bits per heavy atom. The summed E-state index contributed by atoms with van der Waals surface area (Å²) in [6.45, 7) is 1.96. The molecule has 108 valence electrons. The SMILES string of the molecule is COc1cccc(CN2C[C@@H]3NC(=O)CO[C@H]3C2)c1F. The van der Waals surface area contributed by atoms with Gasteiger partial charge < -0.3 is 14.8 Å². The van der Waals surface area contributed by atoms with E-state index in [4.69, 9.17) is 9.47 Å². The van der Waals surface area contributed by atoms with Gasteiger partial charge in [-0.25, -0.2) is 4.39 Å². The van der Waals surface area contributed by atoms with Gasteiger partial charge >= 0.3 is 0 Å². The van der Waals surface area contributed by atoms with Crippen LogP contribution in [0.5, 0.6) is 5.75 Å². The van der Waals surface area contributed by atoms with Crippen LogP contribution in [0.2, 0.25) is 0 Å². The quantitative estimate of drug-likeness (QED) is 0.877. The van der Waals surface area contributed by atoms with E-state index in [0.29, 0.717) is 25.2 Å². The maximum absolute atomic E-state index is 14.1. The molecule has 20 heavy (non-hydrogen) atoms. The van der Waals surface area contributed by atoms with Crippen LogP contribution in [0.3, 0.4) is 0 Å². The minimum atomic E-state index is -0.324. The van der Waals surface area contributed by atoms with Crippen molar-refractivity contribution in [2.75, 3.05) is 26.8 Å². The van der Waals surface area contributed by atoms with E-state index < -0.39 is 0 Å². The standard InChI is InChI=1S/C14H17FN2O3/c1-19-11-4-2-3-9(14(11)15)5-17-6-10-12(7-17)20-8-13(18)16-10/h2-4,10,12H,5-8H2,1H3,(H,16,18)/t10-,12-/m0/s1. The van der Waals surface area contributed by atoms with Gasteiger partial charge in [0.2, 0.25) is 5.91 Å². The molecule has 2 heterocycles. The summed E-state index contributed by atoms with van der Waals surface area (Å²) in [5, 5.41) is 2.91. The summed E-state index contributed by atoms with van der Waals surface area (Å²) in [7, 11) is 1.45. The largest absolute Gasteiger partial charge is 0.494 e. The molecule has 2 aliphatic heterocycles. The van der Waals surface area contributed by atoms with E-state index in [1.807, 2.05) is 0 Å². The van der Waals surface area contributed by atoms with Crippen molar-refractivity contribution in [3.8, 4) is 5.75 Å². The molecule has 0 aliphatic carbocycles. The van der Waals surface area contributed by atoms with Crippen molar-refractivity contribution < 1.29 is 18.7 Å². The van der Waals surface area contributed by atoms with Crippen LogP contribution in [0.1, 0.15) is 5.56 Å². The Balaban J connectivity index is 1.69. The van der Waals surface area contributed by atoms with Gasteiger partial charge in [0, 0.05) is 25.2 Å². The number of ether oxygens (including phenoxy) is 2. The second kappa shape index (κ2) is 5.38. The maximum Gasteiger partial charge on any atom is 0.246 e. The molecule has 0 aromatic heterocycles. The van der Waals surface area contributed by atoms with E-state index in [1.54, 1.807) is 18.2 Å². The summed E-state index contributed by atoms with van der Waals surface area (Å²) in [5.41, 5.74) is 0.592. The van der Waals surface area contributed by atoms with Crippen molar-refractivity contribution in [3.05, 3.63) is 29.6 Å². The van der Waals surface area contributed by atoms with E-state index in [9.17, 15) is 9.18 Å². The van der Waals surface area contributed by atoms with E-state index in [0.717, 1.165) is 0 Å². The van der Waals surface area contributed by atoms with Gasteiger partial charge in [-0.3, -0.25) is 9.69 Å². The van der Waals surface area contributed by atoms with Gasteiger partial charge in [0.1, 0.15) is 6.61 Å². The number of amides is 1. The van der Waals surface area contributed by atoms with E-state index >= 15 is 0 Å². The van der Waals surface area contributed by atoms with Gasteiger partial charge in [-0.1, -0.05) is 12.1 Å². The first-order valence-electron chi connectivity index (χ1n) is 6.62. The van der Waals surface area contributed by atoms with Crippen molar-refractivity contribution >= 4 is 5.91 Å². The third kappa shape index (κ3) is 2.48. The molecular weight excluding hydrogens is 263 g/mol. The van der Waals surface area contributed by atoms with Crippen molar-refractivity contribution in [1.29, 1.82) is 0 Å². The maximum atomic E-state index is 14.1. The van der Waals surface area contributed by atoms with Gasteiger partial charge in [0.25, 0.3) is 0 Å². The van der Waals surface area contributed by atoms with Crippen LogP contribution in [0.4, 0.5) is 4.39 Å². The Kier molecular flexibility index (Phi) is 3.58. The molecule has 3 rings (SSSR count). The lowest BCUT2D eigenvalue weighted by molar-refractivity contribution is -0.134. The molecule has 0 saturated carbocycles. The smallest absolute Gasteiger partial charge is 0.246 e. The van der Waals surface area contributed by atoms with Crippen molar-refractivity contribution in [3.63, 3.8) is 0 Å². The van der Waals surface area contributed by atoms with Crippen LogP contribution in [0.15, 0.2) is 18.2 Å². The lowest BCUT2D eigenvalue weighted by atomic mass is 10.2. The lowest BCUT2D eigenvalue weighted by Crippen LogP contribution is -2.50. The molecule has 0 unspecified atom stereocenters. The Bertz CT molecular complexity index is 523. The third-order valence-corrected chi connectivity index (χ3v) is 3.77. The first kappa shape index (κ1) is 13.3. The van der Waals surface area contributed by atoms with Crippen LogP contribution in [0.25, 0.3) is 0 Å². The minimum Gasteiger partial charge on any atom is -0.494 e. The van der Waals surface area contributed by atoms with Crippen LogP contribution < -0.4 is 10.1 Å².